The van der Waals surface area contributed by atoms with Gasteiger partial charge in [0.2, 0.25) is 0 Å². The predicted molar refractivity (Wildman–Crippen MR) is 87.2 cm³/mol. The lowest BCUT2D eigenvalue weighted by Crippen LogP contribution is -2.61. The number of hydrogen-bond acceptors (Lipinski definition) is 2. The van der Waals surface area contributed by atoms with Crippen molar-refractivity contribution in [2.24, 2.45) is 5.92 Å². The average molecular weight is 295 g/mol. The molecule has 1 aliphatic rings. The van der Waals surface area contributed by atoms with Gasteiger partial charge in [0.15, 0.2) is 0 Å². The Morgan fingerprint density at radius 3 is 2.55 bits per heavy atom. The third-order valence-electron chi connectivity index (χ3n) is 3.97. The van der Waals surface area contributed by atoms with E-state index in [1.165, 1.54) is 12.0 Å². The highest BCUT2D eigenvalue weighted by Crippen LogP contribution is 2.22. The van der Waals surface area contributed by atoms with Gasteiger partial charge >= 0.3 is 0 Å². The molecule has 0 bridgehead atoms. The maximum Gasteiger partial charge on any atom is 0.0406 e. The van der Waals surface area contributed by atoms with Crippen molar-refractivity contribution in [3.63, 3.8) is 0 Å². The summed E-state index contributed by atoms with van der Waals surface area (Å²) in [6.07, 6.45) is 1.25. The minimum absolute atomic E-state index is 0.194. The number of piperazine rings is 1. The summed E-state index contributed by atoms with van der Waals surface area (Å²) in [6, 6.07) is 8.88. The molecule has 1 atom stereocenters. The van der Waals surface area contributed by atoms with E-state index in [2.05, 4.69) is 50.0 Å². The number of benzene rings is 1. The van der Waals surface area contributed by atoms with Crippen molar-refractivity contribution in [3.05, 3.63) is 34.9 Å². The van der Waals surface area contributed by atoms with Gasteiger partial charge in [-0.2, -0.15) is 0 Å². The molecule has 1 unspecified atom stereocenters. The standard InChI is InChI=1S/C17H27ClN2/c1-13(2)9-16-10-19-17(3,4)12-20(16)11-14-5-7-15(18)8-6-14/h5-8,13,16,19H,9-12H2,1-4H3. The maximum absolute atomic E-state index is 5.97. The monoisotopic (exact) mass is 294 g/mol. The zero-order chi connectivity index (χ0) is 14.8. The lowest BCUT2D eigenvalue weighted by Gasteiger charge is -2.45. The molecule has 2 nitrogen and oxygen atoms in total. The lowest BCUT2D eigenvalue weighted by atomic mass is 9.93. The Morgan fingerprint density at radius 2 is 1.95 bits per heavy atom. The molecule has 1 N–H and O–H groups in total. The summed E-state index contributed by atoms with van der Waals surface area (Å²) in [7, 11) is 0. The molecule has 0 saturated carbocycles. The normalized spacial score (nSPS) is 23.2. The molecule has 1 heterocycles. The molecule has 1 saturated heterocycles. The van der Waals surface area contributed by atoms with Crippen molar-refractivity contribution in [1.82, 2.24) is 10.2 Å². The molecule has 1 aliphatic heterocycles. The lowest BCUT2D eigenvalue weighted by molar-refractivity contribution is 0.0760. The van der Waals surface area contributed by atoms with Crippen LogP contribution in [0.25, 0.3) is 0 Å². The molecule has 0 aromatic heterocycles. The second-order valence-electron chi connectivity index (χ2n) is 7.08. The van der Waals surface area contributed by atoms with Crippen LogP contribution in [0, 0.1) is 5.92 Å². The van der Waals surface area contributed by atoms with Gasteiger partial charge in [-0.25, -0.2) is 0 Å². The fourth-order valence-corrected chi connectivity index (χ4v) is 3.13. The first-order valence-corrected chi connectivity index (χ1v) is 7.97. The Morgan fingerprint density at radius 1 is 1.30 bits per heavy atom. The SMILES string of the molecule is CC(C)CC1CNC(C)(C)CN1Cc1ccc(Cl)cc1. The Kier molecular flexibility index (Phi) is 5.11. The molecule has 0 spiro atoms. The molecular formula is C17H27ClN2. The van der Waals surface area contributed by atoms with Gasteiger partial charge in [0, 0.05) is 36.2 Å². The Balaban J connectivity index is 2.08. The fraction of sp³-hybridized carbons (Fsp3) is 0.647. The van der Waals surface area contributed by atoms with Crippen LogP contribution in [0.15, 0.2) is 24.3 Å². The summed E-state index contributed by atoms with van der Waals surface area (Å²) < 4.78 is 0. The van der Waals surface area contributed by atoms with Crippen molar-refractivity contribution in [3.8, 4) is 0 Å². The topological polar surface area (TPSA) is 15.3 Å². The van der Waals surface area contributed by atoms with E-state index in [-0.39, 0.29) is 5.54 Å². The second-order valence-corrected chi connectivity index (χ2v) is 7.52. The van der Waals surface area contributed by atoms with Gasteiger partial charge in [-0.15, -0.1) is 0 Å². The van der Waals surface area contributed by atoms with Crippen LogP contribution in [0.1, 0.15) is 39.7 Å². The van der Waals surface area contributed by atoms with Crippen LogP contribution in [0.4, 0.5) is 0 Å². The minimum Gasteiger partial charge on any atom is -0.309 e. The summed E-state index contributed by atoms with van der Waals surface area (Å²) in [6.45, 7) is 12.4. The van der Waals surface area contributed by atoms with Gasteiger partial charge in [0.05, 0.1) is 0 Å². The van der Waals surface area contributed by atoms with Crippen molar-refractivity contribution in [2.75, 3.05) is 13.1 Å². The third-order valence-corrected chi connectivity index (χ3v) is 4.23. The van der Waals surface area contributed by atoms with E-state index in [1.54, 1.807) is 0 Å². The summed E-state index contributed by atoms with van der Waals surface area (Å²) in [4.78, 5) is 2.62. The maximum atomic E-state index is 5.97. The van der Waals surface area contributed by atoms with Gasteiger partial charge in [-0.1, -0.05) is 37.6 Å². The van der Waals surface area contributed by atoms with Crippen molar-refractivity contribution in [2.45, 2.75) is 52.2 Å². The zero-order valence-electron chi connectivity index (χ0n) is 13.1. The van der Waals surface area contributed by atoms with Crippen LogP contribution in [0.2, 0.25) is 5.02 Å². The fourth-order valence-electron chi connectivity index (χ4n) is 3.00. The number of nitrogens with one attached hydrogen (secondary N) is 1. The molecule has 20 heavy (non-hydrogen) atoms. The number of nitrogens with zero attached hydrogens (tertiary/aromatic N) is 1. The van der Waals surface area contributed by atoms with Gasteiger partial charge in [0.25, 0.3) is 0 Å². The van der Waals surface area contributed by atoms with E-state index < -0.39 is 0 Å². The first kappa shape index (κ1) is 15.8. The highest BCUT2D eigenvalue weighted by atomic mass is 35.5. The zero-order valence-corrected chi connectivity index (χ0v) is 13.9. The van der Waals surface area contributed by atoms with E-state index in [4.69, 9.17) is 11.6 Å². The first-order chi connectivity index (χ1) is 9.35. The molecule has 3 heteroatoms. The summed E-state index contributed by atoms with van der Waals surface area (Å²) in [5, 5.41) is 4.49. The molecule has 0 aliphatic carbocycles. The summed E-state index contributed by atoms with van der Waals surface area (Å²) in [5.41, 5.74) is 1.54. The van der Waals surface area contributed by atoms with Crippen LogP contribution in [-0.4, -0.2) is 29.6 Å². The summed E-state index contributed by atoms with van der Waals surface area (Å²) in [5.74, 6) is 0.732. The molecule has 1 aromatic carbocycles. The first-order valence-electron chi connectivity index (χ1n) is 7.59. The minimum atomic E-state index is 0.194. The van der Waals surface area contributed by atoms with Crippen molar-refractivity contribution >= 4 is 11.6 Å². The Hall–Kier alpha value is -0.570. The van der Waals surface area contributed by atoms with Gasteiger partial charge < -0.3 is 5.32 Å². The average Bonchev–Trinajstić information content (AvgIpc) is 2.35. The number of hydrogen-bond donors (Lipinski definition) is 1. The van der Waals surface area contributed by atoms with Crippen molar-refractivity contribution in [1.29, 1.82) is 0 Å². The molecule has 0 amide bonds. The van der Waals surface area contributed by atoms with Crippen LogP contribution >= 0.6 is 11.6 Å². The van der Waals surface area contributed by atoms with Crippen LogP contribution in [-0.2, 0) is 6.54 Å². The molecule has 1 fully saturated rings. The van der Waals surface area contributed by atoms with E-state index in [0.29, 0.717) is 6.04 Å². The molecule has 112 valence electrons. The highest BCUT2D eigenvalue weighted by Gasteiger charge is 2.32. The predicted octanol–water partition coefficient (Wildman–Crippen LogP) is 3.94. The van der Waals surface area contributed by atoms with E-state index >= 15 is 0 Å². The number of rotatable bonds is 4. The van der Waals surface area contributed by atoms with E-state index in [1.807, 2.05) is 12.1 Å². The molecular weight excluding hydrogens is 268 g/mol. The van der Waals surface area contributed by atoms with Gasteiger partial charge in [0.1, 0.15) is 0 Å². The highest BCUT2D eigenvalue weighted by molar-refractivity contribution is 6.30. The molecule has 2 rings (SSSR count). The number of halogens is 1. The Labute approximate surface area is 128 Å². The van der Waals surface area contributed by atoms with Crippen LogP contribution < -0.4 is 5.32 Å². The quantitative estimate of drug-likeness (QED) is 0.905. The van der Waals surface area contributed by atoms with E-state index in [0.717, 1.165) is 30.6 Å². The molecule has 0 radical (unpaired) electrons. The molecule has 1 aromatic rings. The van der Waals surface area contributed by atoms with Crippen molar-refractivity contribution < 1.29 is 0 Å². The summed E-state index contributed by atoms with van der Waals surface area (Å²) >= 11 is 5.97. The van der Waals surface area contributed by atoms with Gasteiger partial charge in [-0.05, 0) is 43.9 Å². The second kappa shape index (κ2) is 6.46. The van der Waals surface area contributed by atoms with Crippen LogP contribution in [0.3, 0.4) is 0 Å². The largest absolute Gasteiger partial charge is 0.309 e. The van der Waals surface area contributed by atoms with E-state index in [9.17, 15) is 0 Å². The van der Waals surface area contributed by atoms with Crippen LogP contribution in [0.5, 0.6) is 0 Å². The smallest absolute Gasteiger partial charge is 0.0406 e. The third kappa shape index (κ3) is 4.47. The van der Waals surface area contributed by atoms with Gasteiger partial charge in [-0.3, -0.25) is 4.90 Å². The Bertz CT molecular complexity index is 425.